The van der Waals surface area contributed by atoms with Crippen molar-refractivity contribution in [3.8, 4) is 0 Å². The van der Waals surface area contributed by atoms with E-state index >= 15 is 0 Å². The molecular weight excluding hydrogens is 272 g/mol. The van der Waals surface area contributed by atoms with Gasteiger partial charge < -0.3 is 4.57 Å². The summed E-state index contributed by atoms with van der Waals surface area (Å²) in [5.74, 6) is 0. The highest BCUT2D eigenvalue weighted by Crippen LogP contribution is 2.24. The van der Waals surface area contributed by atoms with E-state index in [1.54, 1.807) is 6.07 Å². The Labute approximate surface area is 121 Å². The summed E-state index contributed by atoms with van der Waals surface area (Å²) in [6, 6.07) is 7.65. The molecule has 0 aliphatic rings. The molecule has 2 heterocycles. The van der Waals surface area contributed by atoms with Crippen LogP contribution in [-0.2, 0) is 6.54 Å². The Bertz CT molecular complexity index is 792. The van der Waals surface area contributed by atoms with Crippen molar-refractivity contribution < 1.29 is 4.79 Å². The molecule has 0 atom stereocenters. The average Bonchev–Trinajstić information content (AvgIpc) is 2.76. The lowest BCUT2D eigenvalue weighted by Gasteiger charge is -2.06. The molecule has 0 spiro atoms. The van der Waals surface area contributed by atoms with Gasteiger partial charge in [-0.3, -0.25) is 9.78 Å². The van der Waals surface area contributed by atoms with Crippen LogP contribution in [0.5, 0.6) is 0 Å². The second-order valence-corrected chi connectivity index (χ2v) is 5.30. The molecule has 0 fully saturated rings. The van der Waals surface area contributed by atoms with Crippen molar-refractivity contribution in [1.29, 1.82) is 0 Å². The molecule has 0 bridgehead atoms. The molecular formula is C16H13ClN2O. The van der Waals surface area contributed by atoms with Gasteiger partial charge in [0.05, 0.1) is 5.52 Å². The first-order valence-electron chi connectivity index (χ1n) is 6.31. The minimum atomic E-state index is 0.664. The Morgan fingerprint density at radius 2 is 2.15 bits per heavy atom. The Morgan fingerprint density at radius 1 is 1.30 bits per heavy atom. The van der Waals surface area contributed by atoms with Crippen LogP contribution in [0.3, 0.4) is 0 Å². The van der Waals surface area contributed by atoms with Crippen molar-refractivity contribution in [3.05, 3.63) is 64.6 Å². The van der Waals surface area contributed by atoms with Gasteiger partial charge in [0.1, 0.15) is 0 Å². The summed E-state index contributed by atoms with van der Waals surface area (Å²) in [4.78, 5) is 15.4. The summed E-state index contributed by atoms with van der Waals surface area (Å²) in [6.07, 6.45) is 6.40. The lowest BCUT2D eigenvalue weighted by Crippen LogP contribution is -1.99. The highest BCUT2D eigenvalue weighted by molar-refractivity contribution is 6.31. The van der Waals surface area contributed by atoms with Gasteiger partial charge in [-0.15, -0.1) is 0 Å². The van der Waals surface area contributed by atoms with Gasteiger partial charge >= 0.3 is 0 Å². The van der Waals surface area contributed by atoms with Crippen LogP contribution in [0.25, 0.3) is 10.9 Å². The molecule has 4 heteroatoms. The summed E-state index contributed by atoms with van der Waals surface area (Å²) < 4.78 is 2.03. The molecule has 3 nitrogen and oxygen atoms in total. The van der Waals surface area contributed by atoms with Crippen molar-refractivity contribution in [1.82, 2.24) is 9.55 Å². The van der Waals surface area contributed by atoms with E-state index in [-0.39, 0.29) is 0 Å². The van der Waals surface area contributed by atoms with Crippen LogP contribution >= 0.6 is 11.6 Å². The zero-order valence-electron chi connectivity index (χ0n) is 11.0. The predicted octanol–water partition coefficient (Wildman–Crippen LogP) is 3.86. The van der Waals surface area contributed by atoms with Crippen molar-refractivity contribution in [2.24, 2.45) is 0 Å². The van der Waals surface area contributed by atoms with E-state index in [4.69, 9.17) is 11.6 Å². The molecule has 3 aromatic rings. The number of benzene rings is 1. The highest BCUT2D eigenvalue weighted by Gasteiger charge is 2.09. The number of pyridine rings is 1. The summed E-state index contributed by atoms with van der Waals surface area (Å²) in [5, 5.41) is 1.58. The SMILES string of the molecule is Cc1cncc(Cn2cc(C=O)c3ccc(Cl)cc32)c1. The van der Waals surface area contributed by atoms with Gasteiger partial charge in [0.15, 0.2) is 6.29 Å². The summed E-state index contributed by atoms with van der Waals surface area (Å²) in [6.45, 7) is 2.68. The number of halogens is 1. The van der Waals surface area contributed by atoms with E-state index in [1.165, 1.54) is 0 Å². The molecule has 0 saturated heterocycles. The molecule has 20 heavy (non-hydrogen) atoms. The maximum Gasteiger partial charge on any atom is 0.152 e. The normalized spacial score (nSPS) is 10.9. The van der Waals surface area contributed by atoms with E-state index in [0.29, 0.717) is 17.1 Å². The smallest absolute Gasteiger partial charge is 0.152 e. The third-order valence-corrected chi connectivity index (χ3v) is 3.52. The number of carbonyl (C=O) groups excluding carboxylic acids is 1. The number of aryl methyl sites for hydroxylation is 1. The number of nitrogens with zero attached hydrogens (tertiary/aromatic N) is 2. The molecule has 0 N–H and O–H groups in total. The fourth-order valence-electron chi connectivity index (χ4n) is 2.42. The maximum atomic E-state index is 11.2. The van der Waals surface area contributed by atoms with Crippen molar-refractivity contribution in [2.75, 3.05) is 0 Å². The molecule has 3 rings (SSSR count). The van der Waals surface area contributed by atoms with E-state index in [9.17, 15) is 4.79 Å². The van der Waals surface area contributed by atoms with Crippen LogP contribution in [0.2, 0.25) is 5.02 Å². The van der Waals surface area contributed by atoms with Crippen LogP contribution in [0.4, 0.5) is 0 Å². The third-order valence-electron chi connectivity index (χ3n) is 3.29. The van der Waals surface area contributed by atoms with Gasteiger partial charge in [-0.1, -0.05) is 23.7 Å². The lowest BCUT2D eigenvalue weighted by molar-refractivity contribution is 0.112. The molecule has 1 aromatic carbocycles. The zero-order chi connectivity index (χ0) is 14.1. The van der Waals surface area contributed by atoms with Gasteiger partial charge in [0.25, 0.3) is 0 Å². The van der Waals surface area contributed by atoms with Crippen LogP contribution in [-0.4, -0.2) is 15.8 Å². The largest absolute Gasteiger partial charge is 0.342 e. The average molecular weight is 285 g/mol. The molecule has 0 saturated carbocycles. The molecule has 0 aliphatic heterocycles. The number of fused-ring (bicyclic) bond motifs is 1. The first kappa shape index (κ1) is 12.9. The summed E-state index contributed by atoms with van der Waals surface area (Å²) in [7, 11) is 0. The van der Waals surface area contributed by atoms with E-state index in [0.717, 1.165) is 28.3 Å². The molecule has 0 radical (unpaired) electrons. The van der Waals surface area contributed by atoms with Crippen molar-refractivity contribution >= 4 is 28.8 Å². The number of hydrogen-bond donors (Lipinski definition) is 0. The minimum Gasteiger partial charge on any atom is -0.342 e. The Morgan fingerprint density at radius 3 is 2.90 bits per heavy atom. The van der Waals surface area contributed by atoms with Crippen molar-refractivity contribution in [2.45, 2.75) is 13.5 Å². The van der Waals surface area contributed by atoms with Crippen LogP contribution in [0, 0.1) is 6.92 Å². The van der Waals surface area contributed by atoms with Crippen LogP contribution < -0.4 is 0 Å². The monoisotopic (exact) mass is 284 g/mol. The first-order chi connectivity index (χ1) is 9.67. The molecule has 100 valence electrons. The standard InChI is InChI=1S/C16H13ClN2O/c1-11-4-12(7-18-6-11)8-19-9-13(10-20)15-3-2-14(17)5-16(15)19/h2-7,9-10H,8H2,1H3. The predicted molar refractivity (Wildman–Crippen MR) is 80.4 cm³/mol. The summed E-state index contributed by atoms with van der Waals surface area (Å²) in [5.41, 5.74) is 3.85. The first-order valence-corrected chi connectivity index (χ1v) is 6.69. The summed E-state index contributed by atoms with van der Waals surface area (Å²) >= 11 is 6.06. The van der Waals surface area contributed by atoms with Crippen molar-refractivity contribution in [3.63, 3.8) is 0 Å². The topological polar surface area (TPSA) is 34.9 Å². The zero-order valence-corrected chi connectivity index (χ0v) is 11.8. The maximum absolute atomic E-state index is 11.2. The minimum absolute atomic E-state index is 0.664. The van der Waals surface area contributed by atoms with E-state index in [2.05, 4.69) is 11.1 Å². The number of carbonyl (C=O) groups is 1. The van der Waals surface area contributed by atoms with Gasteiger partial charge in [-0.05, 0) is 30.2 Å². The Kier molecular flexibility index (Phi) is 3.28. The molecule has 0 aliphatic carbocycles. The molecule has 2 aromatic heterocycles. The Hall–Kier alpha value is -2.13. The van der Waals surface area contributed by atoms with Gasteiger partial charge in [0, 0.05) is 41.1 Å². The molecule has 0 unspecified atom stereocenters. The Balaban J connectivity index is 2.11. The number of aromatic nitrogens is 2. The van der Waals surface area contributed by atoms with Gasteiger partial charge in [-0.25, -0.2) is 0 Å². The lowest BCUT2D eigenvalue weighted by atomic mass is 10.2. The van der Waals surface area contributed by atoms with E-state index in [1.807, 2.05) is 42.2 Å². The second kappa shape index (κ2) is 5.10. The quantitative estimate of drug-likeness (QED) is 0.685. The van der Waals surface area contributed by atoms with Crippen LogP contribution in [0.1, 0.15) is 21.5 Å². The number of hydrogen-bond acceptors (Lipinski definition) is 2. The number of rotatable bonds is 3. The highest BCUT2D eigenvalue weighted by atomic mass is 35.5. The molecule has 0 amide bonds. The number of aldehydes is 1. The fourth-order valence-corrected chi connectivity index (χ4v) is 2.59. The fraction of sp³-hybridized carbons (Fsp3) is 0.125. The van der Waals surface area contributed by atoms with Gasteiger partial charge in [0.2, 0.25) is 0 Å². The van der Waals surface area contributed by atoms with Crippen LogP contribution in [0.15, 0.2) is 42.9 Å². The second-order valence-electron chi connectivity index (χ2n) is 4.86. The van der Waals surface area contributed by atoms with Gasteiger partial charge in [-0.2, -0.15) is 0 Å². The third kappa shape index (κ3) is 2.32. The van der Waals surface area contributed by atoms with E-state index < -0.39 is 0 Å².